The SMILES string of the molecule is COc1ccc(OC)c(S(=O)(=O)N(C)C(C)Cc2ccccc2C(F)(F)F)c1. The van der Waals surface area contributed by atoms with Crippen LogP contribution in [-0.4, -0.2) is 40.0 Å². The Hall–Kier alpha value is -2.26. The summed E-state index contributed by atoms with van der Waals surface area (Å²) in [5, 5.41) is 0. The molecule has 0 radical (unpaired) electrons. The van der Waals surface area contributed by atoms with Gasteiger partial charge in [0.15, 0.2) is 0 Å². The molecule has 1 atom stereocenters. The Labute approximate surface area is 162 Å². The molecular weight excluding hydrogens is 395 g/mol. The Balaban J connectivity index is 2.37. The average Bonchev–Trinajstić information content (AvgIpc) is 2.66. The van der Waals surface area contributed by atoms with Crippen LogP contribution in [0, 0.1) is 0 Å². The van der Waals surface area contributed by atoms with Gasteiger partial charge in [-0.2, -0.15) is 17.5 Å². The molecule has 0 aliphatic rings. The number of rotatable bonds is 7. The normalized spacial score (nSPS) is 13.4. The lowest BCUT2D eigenvalue weighted by Crippen LogP contribution is -2.37. The largest absolute Gasteiger partial charge is 0.497 e. The standard InChI is InChI=1S/C19H22F3NO4S/c1-13(11-14-7-5-6-8-16(14)19(20,21)22)23(2)28(24,25)18-12-15(26-3)9-10-17(18)27-4/h5-10,12-13H,11H2,1-4H3. The van der Waals surface area contributed by atoms with Crippen molar-refractivity contribution in [3.8, 4) is 11.5 Å². The molecule has 154 valence electrons. The highest BCUT2D eigenvalue weighted by molar-refractivity contribution is 7.89. The molecule has 1 unspecified atom stereocenters. The van der Waals surface area contributed by atoms with Crippen LogP contribution in [0.15, 0.2) is 47.4 Å². The van der Waals surface area contributed by atoms with Crippen molar-refractivity contribution in [1.29, 1.82) is 0 Å². The van der Waals surface area contributed by atoms with Gasteiger partial charge in [0.05, 0.1) is 19.8 Å². The Kier molecular flexibility index (Phi) is 6.61. The van der Waals surface area contributed by atoms with E-state index in [9.17, 15) is 21.6 Å². The van der Waals surface area contributed by atoms with Gasteiger partial charge in [0.2, 0.25) is 10.0 Å². The van der Waals surface area contributed by atoms with Crippen molar-refractivity contribution in [2.24, 2.45) is 0 Å². The van der Waals surface area contributed by atoms with Crippen molar-refractivity contribution in [3.63, 3.8) is 0 Å². The maximum atomic E-state index is 13.2. The Morgan fingerprint density at radius 3 is 2.29 bits per heavy atom. The predicted molar refractivity (Wildman–Crippen MR) is 99.1 cm³/mol. The lowest BCUT2D eigenvalue weighted by atomic mass is 10.0. The van der Waals surface area contributed by atoms with Gasteiger partial charge in [0, 0.05) is 19.2 Å². The first-order valence-electron chi connectivity index (χ1n) is 8.37. The number of benzene rings is 2. The summed E-state index contributed by atoms with van der Waals surface area (Å²) in [5.41, 5.74) is -0.742. The molecule has 9 heteroatoms. The van der Waals surface area contributed by atoms with E-state index in [-0.39, 0.29) is 22.6 Å². The third-order valence-corrected chi connectivity index (χ3v) is 6.48. The minimum atomic E-state index is -4.51. The van der Waals surface area contributed by atoms with Gasteiger partial charge in [0.25, 0.3) is 0 Å². The summed E-state index contributed by atoms with van der Waals surface area (Å²) in [4.78, 5) is -0.118. The fraction of sp³-hybridized carbons (Fsp3) is 0.368. The zero-order valence-electron chi connectivity index (χ0n) is 15.9. The number of hydrogen-bond acceptors (Lipinski definition) is 4. The number of nitrogens with zero attached hydrogens (tertiary/aromatic N) is 1. The predicted octanol–water partition coefficient (Wildman–Crippen LogP) is 3.97. The minimum Gasteiger partial charge on any atom is -0.497 e. The summed E-state index contributed by atoms with van der Waals surface area (Å²) in [6, 6.07) is 8.75. The Morgan fingerprint density at radius 2 is 1.71 bits per heavy atom. The van der Waals surface area contributed by atoms with Gasteiger partial charge in [0.1, 0.15) is 16.4 Å². The summed E-state index contributed by atoms with van der Waals surface area (Å²) in [7, 11) is 0.0321. The molecular formula is C19H22F3NO4S. The molecule has 0 N–H and O–H groups in total. The highest BCUT2D eigenvalue weighted by Gasteiger charge is 2.35. The molecule has 2 rings (SSSR count). The second-order valence-corrected chi connectivity index (χ2v) is 8.21. The van der Waals surface area contributed by atoms with Gasteiger partial charge in [-0.3, -0.25) is 0 Å². The monoisotopic (exact) mass is 417 g/mol. The van der Waals surface area contributed by atoms with Crippen LogP contribution >= 0.6 is 0 Å². The highest BCUT2D eigenvalue weighted by Crippen LogP contribution is 2.34. The molecule has 2 aromatic carbocycles. The molecule has 0 amide bonds. The Bertz CT molecular complexity index is 929. The van der Waals surface area contributed by atoms with E-state index >= 15 is 0 Å². The molecule has 0 bridgehead atoms. The van der Waals surface area contributed by atoms with Gasteiger partial charge in [-0.25, -0.2) is 8.42 Å². The van der Waals surface area contributed by atoms with Gasteiger partial charge >= 0.3 is 6.18 Å². The first-order valence-corrected chi connectivity index (χ1v) is 9.81. The van der Waals surface area contributed by atoms with Gasteiger partial charge < -0.3 is 9.47 Å². The van der Waals surface area contributed by atoms with Crippen LogP contribution in [0.3, 0.4) is 0 Å². The molecule has 5 nitrogen and oxygen atoms in total. The molecule has 0 heterocycles. The number of halogens is 3. The molecule has 0 aromatic heterocycles. The molecule has 0 aliphatic carbocycles. The van der Waals surface area contributed by atoms with Crippen molar-refractivity contribution in [2.45, 2.75) is 30.5 Å². The van der Waals surface area contributed by atoms with Crippen LogP contribution in [0.5, 0.6) is 11.5 Å². The van der Waals surface area contributed by atoms with Crippen molar-refractivity contribution < 1.29 is 31.1 Å². The van der Waals surface area contributed by atoms with Crippen LogP contribution in [0.25, 0.3) is 0 Å². The van der Waals surface area contributed by atoms with Crippen LogP contribution in [0.4, 0.5) is 13.2 Å². The van der Waals surface area contributed by atoms with Crippen LogP contribution < -0.4 is 9.47 Å². The smallest absolute Gasteiger partial charge is 0.416 e. The van der Waals surface area contributed by atoms with Gasteiger partial charge in [-0.15, -0.1) is 0 Å². The van der Waals surface area contributed by atoms with Crippen LogP contribution in [-0.2, 0) is 22.6 Å². The number of hydrogen-bond donors (Lipinski definition) is 0. The second-order valence-electron chi connectivity index (χ2n) is 6.25. The minimum absolute atomic E-state index is 0.0298. The summed E-state index contributed by atoms with van der Waals surface area (Å²) in [6.45, 7) is 1.55. The van der Waals surface area contributed by atoms with E-state index in [1.54, 1.807) is 13.0 Å². The first-order chi connectivity index (χ1) is 13.0. The van der Waals surface area contributed by atoms with E-state index in [2.05, 4.69) is 0 Å². The van der Waals surface area contributed by atoms with E-state index in [0.717, 1.165) is 10.4 Å². The third kappa shape index (κ3) is 4.59. The summed E-state index contributed by atoms with van der Waals surface area (Å²) >= 11 is 0. The number of likely N-dealkylation sites (N-methyl/N-ethyl adjacent to an activating group) is 1. The number of methoxy groups -OCH3 is 2. The summed E-state index contributed by atoms with van der Waals surface area (Å²) < 4.78 is 77.0. The number of sulfonamides is 1. The molecule has 0 fully saturated rings. The molecule has 0 saturated heterocycles. The molecule has 28 heavy (non-hydrogen) atoms. The van der Waals surface area contributed by atoms with Crippen LogP contribution in [0.1, 0.15) is 18.1 Å². The quantitative estimate of drug-likeness (QED) is 0.684. The van der Waals surface area contributed by atoms with Crippen LogP contribution in [0.2, 0.25) is 0 Å². The van der Waals surface area contributed by atoms with Crippen molar-refractivity contribution in [1.82, 2.24) is 4.31 Å². The van der Waals surface area contributed by atoms with E-state index in [4.69, 9.17) is 9.47 Å². The van der Waals surface area contributed by atoms with E-state index in [0.29, 0.717) is 5.75 Å². The lowest BCUT2D eigenvalue weighted by Gasteiger charge is -2.26. The zero-order valence-corrected chi connectivity index (χ0v) is 16.8. The lowest BCUT2D eigenvalue weighted by molar-refractivity contribution is -0.138. The maximum absolute atomic E-state index is 13.2. The fourth-order valence-electron chi connectivity index (χ4n) is 2.80. The number of alkyl halides is 3. The first kappa shape index (κ1) is 22.0. The van der Waals surface area contributed by atoms with Gasteiger partial charge in [-0.05, 0) is 37.1 Å². The molecule has 2 aromatic rings. The fourth-order valence-corrected chi connectivity index (χ4v) is 4.33. The van der Waals surface area contributed by atoms with E-state index in [1.165, 1.54) is 51.6 Å². The molecule has 0 spiro atoms. The average molecular weight is 417 g/mol. The number of ether oxygens (including phenoxy) is 2. The Morgan fingerprint density at radius 1 is 1.07 bits per heavy atom. The summed E-state index contributed by atoms with van der Waals surface area (Å²) in [6.07, 6.45) is -4.61. The molecule has 0 aliphatic heterocycles. The highest BCUT2D eigenvalue weighted by atomic mass is 32.2. The van der Waals surface area contributed by atoms with Crippen molar-refractivity contribution >= 4 is 10.0 Å². The van der Waals surface area contributed by atoms with E-state index in [1.807, 2.05) is 0 Å². The topological polar surface area (TPSA) is 55.8 Å². The van der Waals surface area contributed by atoms with Crippen molar-refractivity contribution in [2.75, 3.05) is 21.3 Å². The van der Waals surface area contributed by atoms with Crippen molar-refractivity contribution in [3.05, 3.63) is 53.6 Å². The van der Waals surface area contributed by atoms with E-state index < -0.39 is 27.8 Å². The summed E-state index contributed by atoms with van der Waals surface area (Å²) in [5.74, 6) is 0.443. The van der Waals surface area contributed by atoms with Gasteiger partial charge in [-0.1, -0.05) is 18.2 Å². The molecule has 0 saturated carbocycles. The maximum Gasteiger partial charge on any atom is 0.416 e. The second kappa shape index (κ2) is 8.40. The third-order valence-electron chi connectivity index (χ3n) is 4.49. The zero-order chi connectivity index (χ0) is 21.1.